The molecule has 2 aromatic carbocycles. The van der Waals surface area contributed by atoms with Gasteiger partial charge in [0, 0.05) is 18.7 Å². The predicted octanol–water partition coefficient (Wildman–Crippen LogP) is 4.33. The number of carbonyl (C=O) groups is 4. The van der Waals surface area contributed by atoms with Gasteiger partial charge in [-0.3, -0.25) is 14.4 Å². The average molecular weight is 679 g/mol. The van der Waals surface area contributed by atoms with Crippen LogP contribution < -0.4 is 16.4 Å². The number of likely N-dealkylation sites (N-methyl/N-ethyl adjacent to an activating group) is 1. The summed E-state index contributed by atoms with van der Waals surface area (Å²) < 4.78 is 51.4. The highest BCUT2D eigenvalue weighted by atomic mass is 19.4. The lowest BCUT2D eigenvalue weighted by Crippen LogP contribution is -2.58. The molecule has 0 bridgehead atoms. The molecule has 1 aliphatic heterocycles. The molecule has 48 heavy (non-hydrogen) atoms. The largest absolute Gasteiger partial charge is 0.490 e. The third-order valence-electron chi connectivity index (χ3n) is 8.17. The van der Waals surface area contributed by atoms with Crippen molar-refractivity contribution in [3.63, 3.8) is 0 Å². The fraction of sp³-hybridized carbons (Fsp3) is 0.471. The lowest BCUT2D eigenvalue weighted by Gasteiger charge is -2.38. The molecule has 1 fully saturated rings. The Hall–Kier alpha value is -4.30. The summed E-state index contributed by atoms with van der Waals surface area (Å²) in [5.41, 5.74) is 7.16. The summed E-state index contributed by atoms with van der Waals surface area (Å²) in [5.74, 6) is -4.15. The molecule has 0 radical (unpaired) electrons. The number of nitrogens with two attached hydrogens (primary N) is 1. The number of carboxylic acids is 1. The summed E-state index contributed by atoms with van der Waals surface area (Å²) in [6.45, 7) is 5.80. The molecule has 0 unspecified atom stereocenters. The topological polar surface area (TPSA) is 151 Å². The van der Waals surface area contributed by atoms with Gasteiger partial charge in [-0.25, -0.2) is 9.18 Å². The Kier molecular flexibility index (Phi) is 12.9. The second-order valence-electron chi connectivity index (χ2n) is 12.4. The lowest BCUT2D eigenvalue weighted by molar-refractivity contribution is -0.192. The van der Waals surface area contributed by atoms with Crippen LogP contribution in [0.2, 0.25) is 0 Å². The molecule has 14 heteroatoms. The summed E-state index contributed by atoms with van der Waals surface area (Å²) in [7, 11) is 0. The number of carbonyl (C=O) groups excluding carboxylic acids is 3. The maximum atomic E-state index is 14.0. The molecule has 3 amide bonds. The van der Waals surface area contributed by atoms with Crippen LogP contribution in [0.1, 0.15) is 64.0 Å². The van der Waals surface area contributed by atoms with E-state index in [9.17, 15) is 31.9 Å². The standard InChI is InChI=1S/C32H41FN4O4.C2HF3O2/c1-4-37(29(39)26(35-30(40)31(2,3)34)21-41-20-22-11-7-5-8-12-22)19-25-27(23-13-15-24(33)16-14-23)28(38)36-32(25)17-9-6-10-18-32;3-2(4,5)1(6)7/h5,7-8,11-16,26H,4,6,9-10,17-21,34H2,1-3H3,(H,35,40)(H,36,38);(H,6,7)/t26-;/m1./s1. The van der Waals surface area contributed by atoms with Crippen molar-refractivity contribution in [2.75, 3.05) is 19.7 Å². The summed E-state index contributed by atoms with van der Waals surface area (Å²) in [4.78, 5) is 50.8. The van der Waals surface area contributed by atoms with E-state index in [4.69, 9.17) is 20.4 Å². The summed E-state index contributed by atoms with van der Waals surface area (Å²) in [5, 5.41) is 13.1. The first-order valence-electron chi connectivity index (χ1n) is 15.6. The first kappa shape index (κ1) is 38.2. The maximum absolute atomic E-state index is 14.0. The van der Waals surface area contributed by atoms with Crippen molar-refractivity contribution in [2.45, 2.75) is 82.8 Å². The van der Waals surface area contributed by atoms with E-state index in [1.165, 1.54) is 12.1 Å². The van der Waals surface area contributed by atoms with Crippen LogP contribution in [0.25, 0.3) is 5.57 Å². The zero-order valence-corrected chi connectivity index (χ0v) is 27.2. The number of halogens is 4. The van der Waals surface area contributed by atoms with Gasteiger partial charge in [0.2, 0.25) is 11.8 Å². The molecular formula is C34H42F4N4O6. The number of amides is 3. The molecule has 262 valence electrons. The van der Waals surface area contributed by atoms with Crippen LogP contribution in [-0.2, 0) is 30.5 Å². The lowest BCUT2D eigenvalue weighted by atomic mass is 9.76. The molecule has 1 spiro atoms. The van der Waals surface area contributed by atoms with Gasteiger partial charge in [0.15, 0.2) is 0 Å². The Bertz CT molecular complexity index is 1470. The number of alkyl halides is 3. The van der Waals surface area contributed by atoms with Crippen molar-refractivity contribution >= 4 is 29.3 Å². The first-order chi connectivity index (χ1) is 22.5. The monoisotopic (exact) mass is 678 g/mol. The Balaban J connectivity index is 0.000000804. The minimum Gasteiger partial charge on any atom is -0.475 e. The predicted molar refractivity (Wildman–Crippen MR) is 170 cm³/mol. The Morgan fingerprint density at radius 2 is 1.62 bits per heavy atom. The number of rotatable bonds is 11. The van der Waals surface area contributed by atoms with Crippen LogP contribution >= 0.6 is 0 Å². The van der Waals surface area contributed by atoms with E-state index >= 15 is 0 Å². The highest BCUT2D eigenvalue weighted by Crippen LogP contribution is 2.43. The minimum absolute atomic E-state index is 0.0434. The molecule has 1 saturated carbocycles. The SMILES string of the molecule is CCN(CC1=C(c2ccc(F)cc2)C(=O)NC12CCCCC2)C(=O)[C@@H](COCc1ccccc1)NC(=O)C(C)(C)N.O=C(O)C(F)(F)F. The number of benzene rings is 2. The van der Waals surface area contributed by atoms with E-state index in [1.54, 1.807) is 30.9 Å². The van der Waals surface area contributed by atoms with E-state index in [1.807, 2.05) is 37.3 Å². The minimum atomic E-state index is -5.08. The molecular weight excluding hydrogens is 636 g/mol. The van der Waals surface area contributed by atoms with Gasteiger partial charge in [0.25, 0.3) is 5.91 Å². The normalized spacial score (nSPS) is 16.5. The number of carboxylic acid groups (broad SMARTS) is 1. The van der Waals surface area contributed by atoms with E-state index in [0.29, 0.717) is 17.7 Å². The summed E-state index contributed by atoms with van der Waals surface area (Å²) in [6, 6.07) is 14.5. The number of hydrogen-bond donors (Lipinski definition) is 4. The quantitative estimate of drug-likeness (QED) is 0.258. The van der Waals surface area contributed by atoms with E-state index < -0.39 is 35.2 Å². The average Bonchev–Trinajstić information content (AvgIpc) is 3.28. The maximum Gasteiger partial charge on any atom is 0.490 e. The molecule has 10 nitrogen and oxygen atoms in total. The second-order valence-corrected chi connectivity index (χ2v) is 12.4. The second kappa shape index (κ2) is 16.2. The molecule has 5 N–H and O–H groups in total. The smallest absolute Gasteiger partial charge is 0.475 e. The summed E-state index contributed by atoms with van der Waals surface area (Å²) in [6.07, 6.45) is -0.552. The van der Waals surface area contributed by atoms with Crippen LogP contribution in [0.15, 0.2) is 60.2 Å². The van der Waals surface area contributed by atoms with Crippen LogP contribution in [0, 0.1) is 5.82 Å². The highest BCUT2D eigenvalue weighted by Gasteiger charge is 2.46. The van der Waals surface area contributed by atoms with Crippen LogP contribution in [0.3, 0.4) is 0 Å². The van der Waals surface area contributed by atoms with Gasteiger partial charge in [-0.15, -0.1) is 0 Å². The summed E-state index contributed by atoms with van der Waals surface area (Å²) >= 11 is 0. The van der Waals surface area contributed by atoms with Gasteiger partial charge in [0.05, 0.1) is 24.3 Å². The zero-order chi connectivity index (χ0) is 35.7. The van der Waals surface area contributed by atoms with Gasteiger partial charge < -0.3 is 31.1 Å². The first-order valence-corrected chi connectivity index (χ1v) is 15.6. The Labute approximate surface area is 276 Å². The number of hydrogen-bond acceptors (Lipinski definition) is 6. The highest BCUT2D eigenvalue weighted by molar-refractivity contribution is 6.24. The van der Waals surface area contributed by atoms with E-state index in [0.717, 1.165) is 43.2 Å². The van der Waals surface area contributed by atoms with Crippen LogP contribution in [0.4, 0.5) is 17.6 Å². The molecule has 2 aromatic rings. The Morgan fingerprint density at radius 1 is 1.04 bits per heavy atom. The van der Waals surface area contributed by atoms with Crippen LogP contribution in [0.5, 0.6) is 0 Å². The van der Waals surface area contributed by atoms with Crippen molar-refractivity contribution in [3.8, 4) is 0 Å². The van der Waals surface area contributed by atoms with Crippen LogP contribution in [-0.4, -0.2) is 76.7 Å². The number of nitrogens with zero attached hydrogens (tertiary/aromatic N) is 1. The van der Waals surface area contributed by atoms with E-state index in [2.05, 4.69) is 10.6 Å². The molecule has 0 saturated heterocycles. The number of ether oxygens (including phenoxy) is 1. The molecule has 1 aliphatic carbocycles. The third kappa shape index (κ3) is 10.1. The van der Waals surface area contributed by atoms with Gasteiger partial charge >= 0.3 is 12.1 Å². The van der Waals surface area contributed by atoms with Gasteiger partial charge in [-0.05, 0) is 62.4 Å². The molecule has 1 atom stereocenters. The van der Waals surface area contributed by atoms with Gasteiger partial charge in [-0.1, -0.05) is 61.7 Å². The van der Waals surface area contributed by atoms with Crippen molar-refractivity contribution in [1.82, 2.24) is 15.5 Å². The van der Waals surface area contributed by atoms with Crippen molar-refractivity contribution in [3.05, 3.63) is 77.1 Å². The fourth-order valence-electron chi connectivity index (χ4n) is 5.61. The molecule has 0 aromatic heterocycles. The Morgan fingerprint density at radius 3 is 2.15 bits per heavy atom. The number of nitrogens with one attached hydrogen (secondary N) is 2. The van der Waals surface area contributed by atoms with Crippen molar-refractivity contribution in [2.24, 2.45) is 5.73 Å². The molecule has 4 rings (SSSR count). The van der Waals surface area contributed by atoms with Crippen molar-refractivity contribution in [1.29, 1.82) is 0 Å². The van der Waals surface area contributed by atoms with Gasteiger partial charge in [-0.2, -0.15) is 13.2 Å². The van der Waals surface area contributed by atoms with Gasteiger partial charge in [0.1, 0.15) is 11.9 Å². The molecule has 2 aliphatic rings. The molecule has 1 heterocycles. The zero-order valence-electron chi connectivity index (χ0n) is 27.2. The van der Waals surface area contributed by atoms with Crippen molar-refractivity contribution < 1.29 is 46.6 Å². The third-order valence-corrected chi connectivity index (χ3v) is 8.17. The number of aliphatic carboxylic acids is 1. The fourth-order valence-corrected chi connectivity index (χ4v) is 5.61. The van der Waals surface area contributed by atoms with E-state index in [-0.39, 0.29) is 37.4 Å².